The normalized spacial score (nSPS) is 11.6. The van der Waals surface area contributed by atoms with Crippen LogP contribution in [0, 0.1) is 0 Å². The van der Waals surface area contributed by atoms with E-state index in [9.17, 15) is 21.6 Å². The summed E-state index contributed by atoms with van der Waals surface area (Å²) >= 11 is 0. The Hall–Kier alpha value is -3.48. The van der Waals surface area contributed by atoms with Crippen molar-refractivity contribution < 1.29 is 26.4 Å². The summed E-state index contributed by atoms with van der Waals surface area (Å²) in [6, 6.07) is 12.5. The van der Waals surface area contributed by atoms with Gasteiger partial charge < -0.3 is 10.1 Å². The molecule has 0 bridgehead atoms. The van der Waals surface area contributed by atoms with Crippen molar-refractivity contribution in [1.29, 1.82) is 0 Å². The predicted molar refractivity (Wildman–Crippen MR) is 119 cm³/mol. The van der Waals surface area contributed by atoms with Crippen molar-refractivity contribution in [2.45, 2.75) is 9.79 Å². The molecule has 12 heteroatoms. The molecule has 168 valence electrons. The second-order valence-corrected chi connectivity index (χ2v) is 9.97. The zero-order valence-corrected chi connectivity index (χ0v) is 18.7. The highest BCUT2D eigenvalue weighted by Gasteiger charge is 2.20. The van der Waals surface area contributed by atoms with Gasteiger partial charge in [-0.1, -0.05) is 6.07 Å². The van der Waals surface area contributed by atoms with Crippen LogP contribution in [0.15, 0.2) is 76.8 Å². The number of nitrogens with zero attached hydrogens (tertiary/aromatic N) is 1. The fraction of sp³-hybridized carbons (Fsp3) is 0.100. The first-order valence-corrected chi connectivity index (χ1v) is 12.1. The van der Waals surface area contributed by atoms with E-state index in [1.165, 1.54) is 56.8 Å². The van der Waals surface area contributed by atoms with Crippen molar-refractivity contribution in [2.75, 3.05) is 24.2 Å². The molecule has 0 saturated heterocycles. The maximum Gasteiger partial charge on any atom is 0.261 e. The van der Waals surface area contributed by atoms with Gasteiger partial charge in [-0.3, -0.25) is 14.5 Å². The van der Waals surface area contributed by atoms with Crippen molar-refractivity contribution in [1.82, 2.24) is 9.71 Å². The van der Waals surface area contributed by atoms with Gasteiger partial charge in [-0.25, -0.2) is 21.6 Å². The summed E-state index contributed by atoms with van der Waals surface area (Å²) < 4.78 is 59.3. The van der Waals surface area contributed by atoms with Crippen molar-refractivity contribution in [3.8, 4) is 5.75 Å². The number of rotatable bonds is 8. The van der Waals surface area contributed by atoms with Crippen LogP contribution in [0.4, 0.5) is 11.4 Å². The number of methoxy groups -OCH3 is 1. The highest BCUT2D eigenvalue weighted by atomic mass is 32.2. The smallest absolute Gasteiger partial charge is 0.261 e. The van der Waals surface area contributed by atoms with Crippen LogP contribution in [0.5, 0.6) is 5.75 Å². The summed E-state index contributed by atoms with van der Waals surface area (Å²) in [5.74, 6) is -0.193. The molecule has 3 rings (SSSR count). The summed E-state index contributed by atoms with van der Waals surface area (Å²) in [4.78, 5) is 15.8. The molecule has 0 radical (unpaired) electrons. The van der Waals surface area contributed by atoms with Crippen LogP contribution in [0.3, 0.4) is 0 Å². The third-order valence-electron chi connectivity index (χ3n) is 4.32. The van der Waals surface area contributed by atoms with Crippen LogP contribution in [0.2, 0.25) is 0 Å². The Morgan fingerprint density at radius 2 is 1.66 bits per heavy atom. The van der Waals surface area contributed by atoms with Crippen molar-refractivity contribution in [2.24, 2.45) is 0 Å². The number of anilines is 2. The van der Waals surface area contributed by atoms with Crippen molar-refractivity contribution in [3.63, 3.8) is 0 Å². The van der Waals surface area contributed by atoms with Crippen molar-refractivity contribution in [3.05, 3.63) is 72.6 Å². The number of amides is 1. The monoisotopic (exact) mass is 476 g/mol. The Kier molecular flexibility index (Phi) is 6.77. The minimum Gasteiger partial charge on any atom is -0.494 e. The lowest BCUT2D eigenvalue weighted by molar-refractivity contribution is 0.102. The van der Waals surface area contributed by atoms with E-state index in [0.717, 1.165) is 6.07 Å². The quantitative estimate of drug-likeness (QED) is 0.451. The molecule has 0 atom stereocenters. The Balaban J connectivity index is 1.85. The molecule has 1 heterocycles. The van der Waals surface area contributed by atoms with Gasteiger partial charge in [-0.15, -0.1) is 0 Å². The average Bonchev–Trinajstić information content (AvgIpc) is 2.80. The van der Waals surface area contributed by atoms with Crippen LogP contribution >= 0.6 is 0 Å². The first-order valence-electron chi connectivity index (χ1n) is 9.12. The summed E-state index contributed by atoms with van der Waals surface area (Å²) in [6.45, 7) is 0. The van der Waals surface area contributed by atoms with Crippen LogP contribution in [0.25, 0.3) is 0 Å². The molecule has 0 aliphatic rings. The first-order chi connectivity index (χ1) is 15.2. The van der Waals surface area contributed by atoms with E-state index in [0.29, 0.717) is 11.3 Å². The standard InChI is InChI=1S/C20H20N4O6S2/c1-21-31(26,27)16-6-3-7-17(12-16)32(28,29)24-15-8-9-18(19(11-15)30-2)23-20(25)14-5-4-10-22-13-14/h3-13,21,24H,1-2H3,(H,23,25). The van der Waals surface area contributed by atoms with Gasteiger partial charge >= 0.3 is 0 Å². The molecule has 0 saturated carbocycles. The average molecular weight is 477 g/mol. The number of carbonyl (C=O) groups excluding carboxylic acids is 1. The summed E-state index contributed by atoms with van der Waals surface area (Å²) in [6.07, 6.45) is 2.95. The highest BCUT2D eigenvalue weighted by molar-refractivity contribution is 7.93. The fourth-order valence-corrected chi connectivity index (χ4v) is 4.64. The zero-order chi connectivity index (χ0) is 23.4. The minimum atomic E-state index is -4.10. The van der Waals surface area contributed by atoms with Gasteiger partial charge in [-0.05, 0) is 49.5 Å². The van der Waals surface area contributed by atoms with Gasteiger partial charge in [0.15, 0.2) is 0 Å². The number of aromatic nitrogens is 1. The summed E-state index contributed by atoms with van der Waals surface area (Å²) in [5, 5.41) is 2.68. The lowest BCUT2D eigenvalue weighted by Gasteiger charge is -2.14. The van der Waals surface area contributed by atoms with Gasteiger partial charge in [-0.2, -0.15) is 0 Å². The van der Waals surface area contributed by atoms with E-state index in [4.69, 9.17) is 4.74 Å². The number of pyridine rings is 1. The molecular weight excluding hydrogens is 456 g/mol. The predicted octanol–water partition coefficient (Wildman–Crippen LogP) is 2.05. The molecule has 1 aromatic heterocycles. The van der Waals surface area contributed by atoms with Crippen LogP contribution in [0.1, 0.15) is 10.4 Å². The zero-order valence-electron chi connectivity index (χ0n) is 17.1. The number of hydrogen-bond donors (Lipinski definition) is 3. The highest BCUT2D eigenvalue weighted by Crippen LogP contribution is 2.30. The summed E-state index contributed by atoms with van der Waals surface area (Å²) in [7, 11) is -5.31. The lowest BCUT2D eigenvalue weighted by atomic mass is 10.2. The Morgan fingerprint density at radius 1 is 0.938 bits per heavy atom. The molecule has 0 aliphatic heterocycles. The third kappa shape index (κ3) is 5.22. The second-order valence-electron chi connectivity index (χ2n) is 6.40. The molecule has 1 amide bonds. The number of ether oxygens (including phenoxy) is 1. The Morgan fingerprint density at radius 3 is 2.28 bits per heavy atom. The third-order valence-corrected chi connectivity index (χ3v) is 7.11. The maximum atomic E-state index is 12.8. The molecule has 0 spiro atoms. The number of benzene rings is 2. The fourth-order valence-electron chi connectivity index (χ4n) is 2.69. The molecule has 0 unspecified atom stereocenters. The largest absolute Gasteiger partial charge is 0.494 e. The van der Waals surface area contributed by atoms with Gasteiger partial charge in [0.25, 0.3) is 15.9 Å². The molecule has 3 N–H and O–H groups in total. The molecule has 10 nitrogen and oxygen atoms in total. The number of carbonyl (C=O) groups is 1. The van der Waals surface area contributed by atoms with Gasteiger partial charge in [0.1, 0.15) is 5.75 Å². The van der Waals surface area contributed by atoms with E-state index in [-0.39, 0.29) is 21.2 Å². The second kappa shape index (κ2) is 9.34. The van der Waals surface area contributed by atoms with Crippen molar-refractivity contribution >= 4 is 37.3 Å². The SMILES string of the molecule is CNS(=O)(=O)c1cccc(S(=O)(=O)Nc2ccc(NC(=O)c3cccnc3)c(OC)c2)c1. The Labute approximate surface area is 185 Å². The van der Waals surface area contributed by atoms with E-state index in [2.05, 4.69) is 19.7 Å². The van der Waals surface area contributed by atoms with Crippen LogP contribution < -0.4 is 19.5 Å². The van der Waals surface area contributed by atoms with Crippen LogP contribution in [-0.2, 0) is 20.0 Å². The molecule has 3 aromatic rings. The number of hydrogen-bond acceptors (Lipinski definition) is 7. The molecular formula is C20H20N4O6S2. The van der Waals surface area contributed by atoms with E-state index < -0.39 is 26.0 Å². The lowest BCUT2D eigenvalue weighted by Crippen LogP contribution is -2.19. The van der Waals surface area contributed by atoms with Gasteiger partial charge in [0.2, 0.25) is 10.0 Å². The number of sulfonamides is 2. The van der Waals surface area contributed by atoms with E-state index >= 15 is 0 Å². The molecule has 0 fully saturated rings. The summed E-state index contributed by atoms with van der Waals surface area (Å²) in [5.41, 5.74) is 0.824. The van der Waals surface area contributed by atoms with Gasteiger partial charge in [0, 0.05) is 18.5 Å². The molecule has 2 aromatic carbocycles. The number of nitrogens with one attached hydrogen (secondary N) is 3. The Bertz CT molecular complexity index is 1340. The molecule has 0 aliphatic carbocycles. The first kappa shape index (κ1) is 23.2. The van der Waals surface area contributed by atoms with Crippen LogP contribution in [-0.4, -0.2) is 41.9 Å². The topological polar surface area (TPSA) is 144 Å². The minimum absolute atomic E-state index is 0.156. The van der Waals surface area contributed by atoms with E-state index in [1.54, 1.807) is 18.3 Å². The molecule has 32 heavy (non-hydrogen) atoms. The van der Waals surface area contributed by atoms with E-state index in [1.807, 2.05) is 0 Å². The maximum absolute atomic E-state index is 12.8. The van der Waals surface area contributed by atoms with Gasteiger partial charge in [0.05, 0.1) is 33.8 Å².